The average Bonchev–Trinajstić information content (AvgIpc) is 2.54. The molecular formula is C18H23F3O4. The average molecular weight is 360 g/mol. The molecule has 0 amide bonds. The number of rotatable bonds is 7. The third kappa shape index (κ3) is 5.47. The van der Waals surface area contributed by atoms with Gasteiger partial charge in [0.2, 0.25) is 0 Å². The summed E-state index contributed by atoms with van der Waals surface area (Å²) in [5, 5.41) is 0. The molecule has 1 aromatic carbocycles. The largest absolute Gasteiger partial charge is 0.465 e. The lowest BCUT2D eigenvalue weighted by atomic mass is 9.80. The summed E-state index contributed by atoms with van der Waals surface area (Å²) in [5.41, 5.74) is -0.150. The Morgan fingerprint density at radius 1 is 0.960 bits per heavy atom. The van der Waals surface area contributed by atoms with Crippen molar-refractivity contribution in [3.8, 4) is 0 Å². The third-order valence-electron chi connectivity index (χ3n) is 4.16. The van der Waals surface area contributed by atoms with E-state index >= 15 is 0 Å². The fourth-order valence-electron chi connectivity index (χ4n) is 2.56. The smallest absolute Gasteiger partial charge is 0.416 e. The second-order valence-corrected chi connectivity index (χ2v) is 5.75. The van der Waals surface area contributed by atoms with Crippen LogP contribution in [0.15, 0.2) is 24.3 Å². The van der Waals surface area contributed by atoms with Crippen LogP contribution in [0.1, 0.15) is 44.7 Å². The molecule has 0 spiro atoms. The molecule has 2 atom stereocenters. The highest BCUT2D eigenvalue weighted by atomic mass is 19.4. The summed E-state index contributed by atoms with van der Waals surface area (Å²) in [6.07, 6.45) is -4.41. The molecule has 0 bridgehead atoms. The van der Waals surface area contributed by atoms with Gasteiger partial charge in [0.05, 0.1) is 18.8 Å². The normalized spacial score (nSPS) is 14.1. The number of benzene rings is 1. The van der Waals surface area contributed by atoms with Crippen molar-refractivity contribution in [2.45, 2.75) is 39.8 Å². The Hall–Kier alpha value is -2.05. The molecule has 0 saturated carbocycles. The molecule has 0 heterocycles. The first-order valence-electron chi connectivity index (χ1n) is 8.13. The maximum absolute atomic E-state index is 12.7. The molecule has 0 saturated heterocycles. The predicted molar refractivity (Wildman–Crippen MR) is 85.8 cm³/mol. The summed E-state index contributed by atoms with van der Waals surface area (Å²) in [7, 11) is 0. The predicted octanol–water partition coefficient (Wildman–Crippen LogP) is 4.19. The van der Waals surface area contributed by atoms with E-state index in [-0.39, 0.29) is 19.1 Å². The minimum Gasteiger partial charge on any atom is -0.465 e. The molecule has 1 aromatic rings. The Morgan fingerprint density at radius 2 is 1.40 bits per heavy atom. The zero-order chi connectivity index (χ0) is 19.2. The fourth-order valence-corrected chi connectivity index (χ4v) is 2.56. The van der Waals surface area contributed by atoms with Gasteiger partial charge in [-0.15, -0.1) is 0 Å². The first kappa shape index (κ1) is 21.0. The van der Waals surface area contributed by atoms with Crippen LogP contribution in [0.25, 0.3) is 0 Å². The number of halogens is 3. The molecule has 0 aliphatic heterocycles. The van der Waals surface area contributed by atoms with Crippen LogP contribution in [0, 0.1) is 11.8 Å². The van der Waals surface area contributed by atoms with E-state index in [4.69, 9.17) is 9.47 Å². The summed E-state index contributed by atoms with van der Waals surface area (Å²) in [6.45, 7) is 6.93. The van der Waals surface area contributed by atoms with Crippen LogP contribution in [0.2, 0.25) is 0 Å². The van der Waals surface area contributed by atoms with Gasteiger partial charge in [-0.1, -0.05) is 26.0 Å². The quantitative estimate of drug-likeness (QED) is 0.540. The van der Waals surface area contributed by atoms with Crippen molar-refractivity contribution in [2.75, 3.05) is 13.2 Å². The summed E-state index contributed by atoms with van der Waals surface area (Å²) in [5.74, 6) is -3.35. The van der Waals surface area contributed by atoms with Crippen molar-refractivity contribution >= 4 is 11.9 Å². The van der Waals surface area contributed by atoms with E-state index in [0.717, 1.165) is 12.1 Å². The van der Waals surface area contributed by atoms with E-state index in [0.29, 0.717) is 5.56 Å². The van der Waals surface area contributed by atoms with Crippen molar-refractivity contribution in [3.05, 3.63) is 35.4 Å². The molecule has 4 nitrogen and oxygen atoms in total. The number of ether oxygens (including phenoxy) is 2. The van der Waals surface area contributed by atoms with Gasteiger partial charge >= 0.3 is 18.1 Å². The molecule has 0 fully saturated rings. The summed E-state index contributed by atoms with van der Waals surface area (Å²) in [4.78, 5) is 24.3. The number of esters is 2. The highest BCUT2D eigenvalue weighted by Gasteiger charge is 2.38. The van der Waals surface area contributed by atoms with Gasteiger partial charge in [0.1, 0.15) is 0 Å². The van der Waals surface area contributed by atoms with E-state index < -0.39 is 35.5 Å². The molecule has 140 valence electrons. The van der Waals surface area contributed by atoms with Crippen molar-refractivity contribution in [1.82, 2.24) is 0 Å². The van der Waals surface area contributed by atoms with Crippen molar-refractivity contribution in [1.29, 1.82) is 0 Å². The van der Waals surface area contributed by atoms with Crippen LogP contribution >= 0.6 is 0 Å². The van der Waals surface area contributed by atoms with Crippen LogP contribution in [-0.2, 0) is 25.2 Å². The Labute approximate surface area is 145 Å². The molecule has 7 heteroatoms. The van der Waals surface area contributed by atoms with Gasteiger partial charge in [0.15, 0.2) is 5.92 Å². The number of hydrogen-bond acceptors (Lipinski definition) is 4. The lowest BCUT2D eigenvalue weighted by Crippen LogP contribution is -2.35. The monoisotopic (exact) mass is 360 g/mol. The van der Waals surface area contributed by atoms with Crippen LogP contribution in [-0.4, -0.2) is 25.2 Å². The maximum atomic E-state index is 12.7. The van der Waals surface area contributed by atoms with E-state index in [2.05, 4.69) is 0 Å². The van der Waals surface area contributed by atoms with E-state index in [1.54, 1.807) is 27.7 Å². The third-order valence-corrected chi connectivity index (χ3v) is 4.16. The SMILES string of the molecule is CCOC(=O)C(C(=O)OCC)[C@@H](C)[C@H](C)c1ccc(C(F)(F)F)cc1. The zero-order valence-corrected chi connectivity index (χ0v) is 14.7. The number of alkyl halides is 3. The highest BCUT2D eigenvalue weighted by Crippen LogP contribution is 2.34. The summed E-state index contributed by atoms with van der Waals surface area (Å²) < 4.78 is 47.9. The first-order chi connectivity index (χ1) is 11.6. The molecule has 0 aliphatic carbocycles. The van der Waals surface area contributed by atoms with Crippen LogP contribution in [0.4, 0.5) is 13.2 Å². The lowest BCUT2D eigenvalue weighted by molar-refractivity contribution is -0.164. The van der Waals surface area contributed by atoms with Crippen LogP contribution < -0.4 is 0 Å². The summed E-state index contributed by atoms with van der Waals surface area (Å²) in [6, 6.07) is 4.69. The standard InChI is InChI=1S/C18H23F3O4/c1-5-24-16(22)15(17(23)25-6-2)12(4)11(3)13-7-9-14(10-8-13)18(19,20)21/h7-12,15H,5-6H2,1-4H3/t11-,12-/m0/s1. The van der Waals surface area contributed by atoms with E-state index in [1.165, 1.54) is 12.1 Å². The number of carbonyl (C=O) groups excluding carboxylic acids is 2. The first-order valence-corrected chi connectivity index (χ1v) is 8.13. The molecule has 0 N–H and O–H groups in total. The lowest BCUT2D eigenvalue weighted by Gasteiger charge is -2.26. The van der Waals surface area contributed by atoms with Gasteiger partial charge in [0.25, 0.3) is 0 Å². The van der Waals surface area contributed by atoms with Crippen LogP contribution in [0.5, 0.6) is 0 Å². The maximum Gasteiger partial charge on any atom is 0.416 e. The van der Waals surface area contributed by atoms with Gasteiger partial charge in [-0.3, -0.25) is 9.59 Å². The molecule has 0 unspecified atom stereocenters. The highest BCUT2D eigenvalue weighted by molar-refractivity contribution is 5.95. The van der Waals surface area contributed by atoms with Crippen molar-refractivity contribution in [2.24, 2.45) is 11.8 Å². The molecule has 0 aromatic heterocycles. The minimum absolute atomic E-state index is 0.121. The van der Waals surface area contributed by atoms with Gasteiger partial charge in [-0.05, 0) is 43.4 Å². The Bertz CT molecular complexity index is 563. The molecular weight excluding hydrogens is 337 g/mol. The van der Waals surface area contributed by atoms with Gasteiger partial charge < -0.3 is 9.47 Å². The van der Waals surface area contributed by atoms with Crippen molar-refractivity contribution in [3.63, 3.8) is 0 Å². The topological polar surface area (TPSA) is 52.6 Å². The molecule has 0 aliphatic rings. The van der Waals surface area contributed by atoms with Crippen LogP contribution in [0.3, 0.4) is 0 Å². The van der Waals surface area contributed by atoms with E-state index in [1.807, 2.05) is 0 Å². The Balaban J connectivity index is 3.04. The zero-order valence-electron chi connectivity index (χ0n) is 14.7. The second kappa shape index (κ2) is 8.87. The Morgan fingerprint density at radius 3 is 1.76 bits per heavy atom. The molecule has 0 radical (unpaired) electrons. The minimum atomic E-state index is -4.41. The van der Waals surface area contributed by atoms with E-state index in [9.17, 15) is 22.8 Å². The Kier molecular flexibility index (Phi) is 7.45. The fraction of sp³-hybridized carbons (Fsp3) is 0.556. The second-order valence-electron chi connectivity index (χ2n) is 5.75. The molecule has 1 rings (SSSR count). The van der Waals surface area contributed by atoms with Gasteiger partial charge in [0, 0.05) is 0 Å². The van der Waals surface area contributed by atoms with Gasteiger partial charge in [-0.25, -0.2) is 0 Å². The summed E-state index contributed by atoms with van der Waals surface area (Å²) >= 11 is 0. The number of hydrogen-bond donors (Lipinski definition) is 0. The number of carbonyl (C=O) groups is 2. The van der Waals surface area contributed by atoms with Gasteiger partial charge in [-0.2, -0.15) is 13.2 Å². The molecule has 25 heavy (non-hydrogen) atoms. The van der Waals surface area contributed by atoms with Crippen molar-refractivity contribution < 1.29 is 32.2 Å².